The van der Waals surface area contributed by atoms with Gasteiger partial charge >= 0.3 is 0 Å². The summed E-state index contributed by atoms with van der Waals surface area (Å²) in [6.45, 7) is 0. The van der Waals surface area contributed by atoms with Gasteiger partial charge in [-0.25, -0.2) is 0 Å². The van der Waals surface area contributed by atoms with E-state index < -0.39 is 0 Å². The van der Waals surface area contributed by atoms with Crippen molar-refractivity contribution >= 4 is 33.2 Å². The lowest BCUT2D eigenvalue weighted by molar-refractivity contribution is 0.471. The fourth-order valence-electron chi connectivity index (χ4n) is 1.21. The molecular formula is C9H8O2S2. The van der Waals surface area contributed by atoms with Crippen LogP contribution in [-0.2, 0) is 0 Å². The molecule has 0 radical (unpaired) electrons. The smallest absolute Gasteiger partial charge is 0.147 e. The van der Waals surface area contributed by atoms with Crippen LogP contribution in [0.4, 0.5) is 0 Å². The Kier molecular flexibility index (Phi) is 2.09. The molecule has 13 heavy (non-hydrogen) atoms. The maximum Gasteiger partial charge on any atom is 0.147 e. The predicted octanol–water partition coefficient (Wildman–Crippen LogP) is 3.03. The largest absolute Gasteiger partial charge is 0.506 e. The molecule has 2 rings (SSSR count). The van der Waals surface area contributed by atoms with Crippen molar-refractivity contribution < 1.29 is 10.2 Å². The molecule has 0 saturated carbocycles. The fourth-order valence-corrected chi connectivity index (χ4v) is 2.93. The van der Waals surface area contributed by atoms with Gasteiger partial charge in [-0.3, -0.25) is 0 Å². The fraction of sp³-hybridized carbons (Fsp3) is 0.111. The average molecular weight is 212 g/mol. The summed E-state index contributed by atoms with van der Waals surface area (Å²) in [5.41, 5.74) is 0. The molecule has 2 N–H and O–H groups in total. The minimum Gasteiger partial charge on any atom is -0.506 e. The van der Waals surface area contributed by atoms with Crippen LogP contribution in [0.3, 0.4) is 0 Å². The number of thiophene rings is 1. The van der Waals surface area contributed by atoms with Crippen molar-refractivity contribution in [2.75, 3.05) is 6.26 Å². The third-order valence-electron chi connectivity index (χ3n) is 1.82. The number of aromatic hydroxyl groups is 2. The van der Waals surface area contributed by atoms with E-state index in [1.54, 1.807) is 18.2 Å². The SMILES string of the molecule is CSc1sc2c(O)cccc2c1O. The molecule has 0 bridgehead atoms. The molecule has 68 valence electrons. The van der Waals surface area contributed by atoms with E-state index in [1.165, 1.54) is 23.1 Å². The molecule has 0 saturated heterocycles. The molecule has 0 amide bonds. The Morgan fingerprint density at radius 2 is 2.08 bits per heavy atom. The second kappa shape index (κ2) is 3.12. The maximum atomic E-state index is 9.69. The number of hydrogen-bond donors (Lipinski definition) is 2. The van der Waals surface area contributed by atoms with E-state index >= 15 is 0 Å². The second-order valence-electron chi connectivity index (χ2n) is 2.60. The van der Waals surface area contributed by atoms with Gasteiger partial charge in [0.25, 0.3) is 0 Å². The van der Waals surface area contributed by atoms with E-state index in [2.05, 4.69) is 0 Å². The highest BCUT2D eigenvalue weighted by Gasteiger charge is 2.11. The van der Waals surface area contributed by atoms with Crippen molar-refractivity contribution in [2.45, 2.75) is 4.21 Å². The van der Waals surface area contributed by atoms with Crippen LogP contribution in [0.25, 0.3) is 10.1 Å². The van der Waals surface area contributed by atoms with Crippen molar-refractivity contribution in [1.82, 2.24) is 0 Å². The Bertz CT molecular complexity index is 448. The number of phenolic OH excluding ortho intramolecular Hbond substituents is 1. The molecule has 0 aliphatic heterocycles. The van der Waals surface area contributed by atoms with Gasteiger partial charge in [-0.1, -0.05) is 6.07 Å². The minimum atomic E-state index is 0.234. The van der Waals surface area contributed by atoms with Crippen molar-refractivity contribution in [3.05, 3.63) is 18.2 Å². The molecule has 0 atom stereocenters. The Hall–Kier alpha value is -0.870. The quantitative estimate of drug-likeness (QED) is 0.714. The van der Waals surface area contributed by atoms with Gasteiger partial charge in [-0.2, -0.15) is 0 Å². The molecule has 0 spiro atoms. The Morgan fingerprint density at radius 1 is 1.31 bits per heavy atom. The first kappa shape index (κ1) is 8.72. The van der Waals surface area contributed by atoms with E-state index in [4.69, 9.17) is 0 Å². The van der Waals surface area contributed by atoms with E-state index in [1.807, 2.05) is 6.26 Å². The number of thioether (sulfide) groups is 1. The summed E-state index contributed by atoms with van der Waals surface area (Å²) in [4.78, 5) is 0. The van der Waals surface area contributed by atoms with E-state index in [0.717, 1.165) is 14.3 Å². The summed E-state index contributed by atoms with van der Waals surface area (Å²) in [6, 6.07) is 5.16. The van der Waals surface area contributed by atoms with Crippen LogP contribution in [0.5, 0.6) is 11.5 Å². The molecule has 0 aliphatic rings. The Labute approximate surface area is 83.8 Å². The van der Waals surface area contributed by atoms with Gasteiger partial charge in [-0.05, 0) is 18.4 Å². The van der Waals surface area contributed by atoms with E-state index in [9.17, 15) is 10.2 Å². The second-order valence-corrected chi connectivity index (χ2v) is 4.69. The zero-order valence-electron chi connectivity index (χ0n) is 6.94. The summed E-state index contributed by atoms with van der Waals surface area (Å²) in [5.74, 6) is 0.515. The highest BCUT2D eigenvalue weighted by Crippen LogP contribution is 2.45. The molecule has 0 fully saturated rings. The van der Waals surface area contributed by atoms with Crippen LogP contribution < -0.4 is 0 Å². The zero-order chi connectivity index (χ0) is 9.42. The molecule has 0 aliphatic carbocycles. The normalized spacial score (nSPS) is 10.8. The molecule has 4 heteroatoms. The molecule has 0 unspecified atom stereocenters. The van der Waals surface area contributed by atoms with Crippen LogP contribution in [0.2, 0.25) is 0 Å². The standard InChI is InChI=1S/C9H8O2S2/c1-12-9-7(11)5-3-2-4-6(10)8(5)13-9/h2-4,10-11H,1H3. The first-order chi connectivity index (χ1) is 6.24. The highest BCUT2D eigenvalue weighted by molar-refractivity contribution is 8.00. The van der Waals surface area contributed by atoms with Crippen LogP contribution in [0.15, 0.2) is 22.4 Å². The first-order valence-corrected chi connectivity index (χ1v) is 5.75. The van der Waals surface area contributed by atoms with Crippen molar-refractivity contribution in [3.63, 3.8) is 0 Å². The average Bonchev–Trinajstić information content (AvgIpc) is 2.45. The zero-order valence-corrected chi connectivity index (χ0v) is 8.58. The van der Waals surface area contributed by atoms with Gasteiger partial charge in [-0.15, -0.1) is 23.1 Å². The third-order valence-corrected chi connectivity index (χ3v) is 4.15. The molecule has 1 heterocycles. The van der Waals surface area contributed by atoms with Crippen LogP contribution in [0, 0.1) is 0 Å². The topological polar surface area (TPSA) is 40.5 Å². The molecule has 1 aromatic heterocycles. The Balaban J connectivity index is 2.83. The third kappa shape index (κ3) is 1.26. The molecule has 2 aromatic rings. The lowest BCUT2D eigenvalue weighted by Crippen LogP contribution is -1.65. The molecular weight excluding hydrogens is 204 g/mol. The summed E-state index contributed by atoms with van der Waals surface area (Å²) in [6.07, 6.45) is 1.90. The molecule has 2 nitrogen and oxygen atoms in total. The summed E-state index contributed by atoms with van der Waals surface area (Å²) < 4.78 is 1.60. The van der Waals surface area contributed by atoms with Crippen molar-refractivity contribution in [2.24, 2.45) is 0 Å². The van der Waals surface area contributed by atoms with Crippen LogP contribution in [0.1, 0.15) is 0 Å². The number of hydrogen-bond acceptors (Lipinski definition) is 4. The van der Waals surface area contributed by atoms with Gasteiger partial charge in [0.2, 0.25) is 0 Å². The minimum absolute atomic E-state index is 0.234. The van der Waals surface area contributed by atoms with Gasteiger partial charge in [0.15, 0.2) is 0 Å². The monoisotopic (exact) mass is 212 g/mol. The van der Waals surface area contributed by atoms with Gasteiger partial charge in [0.1, 0.15) is 15.7 Å². The highest BCUT2D eigenvalue weighted by atomic mass is 32.2. The number of fused-ring (bicyclic) bond motifs is 1. The lowest BCUT2D eigenvalue weighted by Gasteiger charge is -1.92. The number of phenols is 1. The summed E-state index contributed by atoms with van der Waals surface area (Å²) in [7, 11) is 0. The lowest BCUT2D eigenvalue weighted by atomic mass is 10.2. The van der Waals surface area contributed by atoms with Gasteiger partial charge < -0.3 is 10.2 Å². The van der Waals surface area contributed by atoms with E-state index in [0.29, 0.717) is 0 Å². The van der Waals surface area contributed by atoms with E-state index in [-0.39, 0.29) is 11.5 Å². The summed E-state index contributed by atoms with van der Waals surface area (Å²) >= 11 is 2.90. The maximum absolute atomic E-state index is 9.69. The van der Waals surface area contributed by atoms with Crippen molar-refractivity contribution in [3.8, 4) is 11.5 Å². The first-order valence-electron chi connectivity index (χ1n) is 3.71. The van der Waals surface area contributed by atoms with Gasteiger partial charge in [0, 0.05) is 5.39 Å². The van der Waals surface area contributed by atoms with Crippen LogP contribution in [-0.4, -0.2) is 16.5 Å². The number of rotatable bonds is 1. The predicted molar refractivity (Wildman–Crippen MR) is 56.9 cm³/mol. The Morgan fingerprint density at radius 3 is 2.69 bits per heavy atom. The molecule has 1 aromatic carbocycles. The van der Waals surface area contributed by atoms with Gasteiger partial charge in [0.05, 0.1) is 4.70 Å². The summed E-state index contributed by atoms with van der Waals surface area (Å²) in [5, 5.41) is 19.9. The number of benzene rings is 1. The van der Waals surface area contributed by atoms with Crippen molar-refractivity contribution in [1.29, 1.82) is 0 Å². The van der Waals surface area contributed by atoms with Crippen LogP contribution >= 0.6 is 23.1 Å².